The number of anilines is 1. The zero-order valence-corrected chi connectivity index (χ0v) is 12.0. The quantitative estimate of drug-likeness (QED) is 0.925. The van der Waals surface area contributed by atoms with Gasteiger partial charge in [-0.25, -0.2) is 0 Å². The fourth-order valence-electron chi connectivity index (χ4n) is 2.35. The van der Waals surface area contributed by atoms with Gasteiger partial charge in [-0.1, -0.05) is 11.6 Å². The molecule has 4 nitrogen and oxygen atoms in total. The number of carbonyl (C=O) groups is 1. The summed E-state index contributed by atoms with van der Waals surface area (Å²) in [5.74, 6) is -0.0105. The van der Waals surface area contributed by atoms with Gasteiger partial charge in [-0.15, -0.1) is 0 Å². The molecule has 19 heavy (non-hydrogen) atoms. The molecule has 0 aliphatic carbocycles. The van der Waals surface area contributed by atoms with Crippen LogP contribution in [0, 0.1) is 0 Å². The second-order valence-corrected chi connectivity index (χ2v) is 5.44. The lowest BCUT2D eigenvalue weighted by Crippen LogP contribution is -2.48. The van der Waals surface area contributed by atoms with Crippen LogP contribution in [-0.4, -0.2) is 42.6 Å². The highest BCUT2D eigenvalue weighted by Gasteiger charge is 2.23. The van der Waals surface area contributed by atoms with Crippen molar-refractivity contribution in [1.82, 2.24) is 4.90 Å². The third kappa shape index (κ3) is 4.49. The number of halogens is 1. The Morgan fingerprint density at radius 3 is 2.47 bits per heavy atom. The number of rotatable bonds is 3. The molecular weight excluding hydrogens is 264 g/mol. The molecule has 1 aromatic carbocycles. The smallest absolute Gasteiger partial charge is 0.238 e. The first-order valence-corrected chi connectivity index (χ1v) is 6.84. The van der Waals surface area contributed by atoms with E-state index >= 15 is 0 Å². The number of benzene rings is 1. The molecule has 0 saturated carbocycles. The van der Waals surface area contributed by atoms with Gasteiger partial charge in [0, 0.05) is 23.8 Å². The first kappa shape index (κ1) is 14.3. The monoisotopic (exact) mass is 282 g/mol. The van der Waals surface area contributed by atoms with Crippen molar-refractivity contribution in [2.75, 3.05) is 25.0 Å². The zero-order valence-electron chi connectivity index (χ0n) is 11.2. The lowest BCUT2D eigenvalue weighted by molar-refractivity contribution is -0.121. The highest BCUT2D eigenvalue weighted by molar-refractivity contribution is 6.30. The van der Waals surface area contributed by atoms with Crippen LogP contribution in [0.4, 0.5) is 5.69 Å². The van der Waals surface area contributed by atoms with Crippen molar-refractivity contribution in [3.8, 4) is 0 Å². The van der Waals surface area contributed by atoms with Gasteiger partial charge in [0.25, 0.3) is 0 Å². The summed E-state index contributed by atoms with van der Waals surface area (Å²) in [4.78, 5) is 14.1. The summed E-state index contributed by atoms with van der Waals surface area (Å²) >= 11 is 5.80. The molecule has 1 N–H and O–H groups in total. The van der Waals surface area contributed by atoms with Crippen molar-refractivity contribution >= 4 is 23.2 Å². The Morgan fingerprint density at radius 1 is 1.32 bits per heavy atom. The van der Waals surface area contributed by atoms with Crippen molar-refractivity contribution in [2.24, 2.45) is 0 Å². The van der Waals surface area contributed by atoms with E-state index in [-0.39, 0.29) is 18.1 Å². The van der Waals surface area contributed by atoms with E-state index in [2.05, 4.69) is 10.2 Å². The first-order chi connectivity index (χ1) is 9.02. The van der Waals surface area contributed by atoms with Crippen LogP contribution in [0.1, 0.15) is 13.8 Å². The van der Waals surface area contributed by atoms with Crippen LogP contribution >= 0.6 is 11.6 Å². The number of nitrogens with zero attached hydrogens (tertiary/aromatic N) is 1. The standard InChI is InChI=1S/C14H19ClN2O2/c1-10-7-17(8-11(2)19-10)9-14(18)16-13-5-3-12(15)4-6-13/h3-6,10-11H,7-9H2,1-2H3,(H,16,18)/t10-,11-/m0/s1. The predicted molar refractivity (Wildman–Crippen MR) is 76.5 cm³/mol. The summed E-state index contributed by atoms with van der Waals surface area (Å²) in [5.41, 5.74) is 0.767. The van der Waals surface area contributed by atoms with Crippen LogP contribution in [0.2, 0.25) is 5.02 Å². The van der Waals surface area contributed by atoms with Gasteiger partial charge in [0.2, 0.25) is 5.91 Å². The van der Waals surface area contributed by atoms with Crippen LogP contribution in [-0.2, 0) is 9.53 Å². The molecule has 1 amide bonds. The molecule has 1 heterocycles. The third-order valence-corrected chi connectivity index (χ3v) is 3.24. The summed E-state index contributed by atoms with van der Waals surface area (Å²) in [5, 5.41) is 3.53. The SMILES string of the molecule is C[C@H]1CN(CC(=O)Nc2ccc(Cl)cc2)C[C@H](C)O1. The van der Waals surface area contributed by atoms with Gasteiger partial charge >= 0.3 is 0 Å². The fourth-order valence-corrected chi connectivity index (χ4v) is 2.48. The maximum atomic E-state index is 12.0. The molecule has 1 aliphatic heterocycles. The molecule has 1 aliphatic rings. The Bertz CT molecular complexity index is 426. The maximum absolute atomic E-state index is 12.0. The second kappa shape index (κ2) is 6.37. The Balaban J connectivity index is 1.85. The normalized spacial score (nSPS) is 24.2. The molecular formula is C14H19ClN2O2. The molecule has 0 radical (unpaired) electrons. The molecule has 2 atom stereocenters. The zero-order chi connectivity index (χ0) is 13.8. The van der Waals surface area contributed by atoms with Crippen LogP contribution < -0.4 is 5.32 Å². The Kier molecular flexibility index (Phi) is 4.80. The lowest BCUT2D eigenvalue weighted by Gasteiger charge is -2.34. The minimum absolute atomic E-state index is 0.0105. The van der Waals surface area contributed by atoms with Gasteiger partial charge in [-0.2, -0.15) is 0 Å². The summed E-state index contributed by atoms with van der Waals surface area (Å²) in [6, 6.07) is 7.11. The highest BCUT2D eigenvalue weighted by atomic mass is 35.5. The maximum Gasteiger partial charge on any atom is 0.238 e. The van der Waals surface area contributed by atoms with E-state index < -0.39 is 0 Å². The van der Waals surface area contributed by atoms with E-state index in [1.54, 1.807) is 24.3 Å². The molecule has 0 spiro atoms. The van der Waals surface area contributed by atoms with E-state index in [1.807, 2.05) is 13.8 Å². The molecule has 1 fully saturated rings. The molecule has 104 valence electrons. The summed E-state index contributed by atoms with van der Waals surface area (Å²) in [6.07, 6.45) is 0.346. The number of amides is 1. The molecule has 2 rings (SSSR count). The minimum Gasteiger partial charge on any atom is -0.373 e. The van der Waals surface area contributed by atoms with E-state index in [9.17, 15) is 4.79 Å². The Labute approximate surface area is 118 Å². The van der Waals surface area contributed by atoms with Crippen molar-refractivity contribution in [2.45, 2.75) is 26.1 Å². The fraction of sp³-hybridized carbons (Fsp3) is 0.500. The van der Waals surface area contributed by atoms with Crippen LogP contribution in [0.25, 0.3) is 0 Å². The number of nitrogens with one attached hydrogen (secondary N) is 1. The predicted octanol–water partition coefficient (Wildman–Crippen LogP) is 2.39. The highest BCUT2D eigenvalue weighted by Crippen LogP contribution is 2.14. The Hall–Kier alpha value is -1.10. The Morgan fingerprint density at radius 2 is 1.89 bits per heavy atom. The molecule has 1 saturated heterocycles. The number of ether oxygens (including phenoxy) is 1. The van der Waals surface area contributed by atoms with Crippen molar-refractivity contribution in [3.63, 3.8) is 0 Å². The number of hydrogen-bond acceptors (Lipinski definition) is 3. The summed E-state index contributed by atoms with van der Waals surface area (Å²) < 4.78 is 5.64. The molecule has 0 aromatic heterocycles. The summed E-state index contributed by atoms with van der Waals surface area (Å²) in [6.45, 7) is 6.02. The van der Waals surface area contributed by atoms with Crippen LogP contribution in [0.3, 0.4) is 0 Å². The van der Waals surface area contributed by atoms with E-state index in [0.717, 1.165) is 18.8 Å². The number of carbonyl (C=O) groups excluding carboxylic acids is 1. The van der Waals surface area contributed by atoms with Crippen LogP contribution in [0.15, 0.2) is 24.3 Å². The van der Waals surface area contributed by atoms with Crippen molar-refractivity contribution < 1.29 is 9.53 Å². The first-order valence-electron chi connectivity index (χ1n) is 6.46. The molecule has 0 bridgehead atoms. The lowest BCUT2D eigenvalue weighted by atomic mass is 10.2. The average Bonchev–Trinajstić information content (AvgIpc) is 2.30. The average molecular weight is 283 g/mol. The van der Waals surface area contributed by atoms with Gasteiger partial charge in [0.1, 0.15) is 0 Å². The third-order valence-electron chi connectivity index (χ3n) is 2.99. The minimum atomic E-state index is -0.0105. The van der Waals surface area contributed by atoms with Gasteiger partial charge in [0.05, 0.1) is 18.8 Å². The van der Waals surface area contributed by atoms with Gasteiger partial charge in [-0.3, -0.25) is 9.69 Å². The largest absolute Gasteiger partial charge is 0.373 e. The second-order valence-electron chi connectivity index (χ2n) is 5.01. The van der Waals surface area contributed by atoms with Crippen molar-refractivity contribution in [3.05, 3.63) is 29.3 Å². The van der Waals surface area contributed by atoms with Gasteiger partial charge in [0.15, 0.2) is 0 Å². The van der Waals surface area contributed by atoms with E-state index in [1.165, 1.54) is 0 Å². The number of hydrogen-bond donors (Lipinski definition) is 1. The van der Waals surface area contributed by atoms with Crippen molar-refractivity contribution in [1.29, 1.82) is 0 Å². The van der Waals surface area contributed by atoms with Crippen LogP contribution in [0.5, 0.6) is 0 Å². The van der Waals surface area contributed by atoms with E-state index in [0.29, 0.717) is 11.6 Å². The van der Waals surface area contributed by atoms with Gasteiger partial charge < -0.3 is 10.1 Å². The van der Waals surface area contributed by atoms with Gasteiger partial charge in [-0.05, 0) is 38.1 Å². The molecule has 0 unspecified atom stereocenters. The molecule has 5 heteroatoms. The number of morpholine rings is 1. The molecule has 1 aromatic rings. The summed E-state index contributed by atoms with van der Waals surface area (Å²) in [7, 11) is 0. The van der Waals surface area contributed by atoms with E-state index in [4.69, 9.17) is 16.3 Å². The topological polar surface area (TPSA) is 41.6 Å².